The normalized spacial score (nSPS) is 12.1. The number of carbonyl (C=O) groups excluding carboxylic acids is 2. The van der Waals surface area contributed by atoms with Crippen LogP contribution in [0.15, 0.2) is 54.6 Å². The molecule has 2 aromatic rings. The molecule has 0 fully saturated rings. The van der Waals surface area contributed by atoms with Crippen molar-refractivity contribution in [1.82, 2.24) is 5.32 Å². The van der Waals surface area contributed by atoms with Gasteiger partial charge in [0, 0.05) is 6.04 Å². The van der Waals surface area contributed by atoms with Crippen molar-refractivity contribution < 1.29 is 19.1 Å². The van der Waals surface area contributed by atoms with Crippen LogP contribution < -0.4 is 5.32 Å². The lowest BCUT2D eigenvalue weighted by molar-refractivity contribution is -0.141. The molecule has 0 aliphatic rings. The van der Waals surface area contributed by atoms with Crippen molar-refractivity contribution in [3.63, 3.8) is 0 Å². The Morgan fingerprint density at radius 1 is 0.963 bits per heavy atom. The topological polar surface area (TPSA) is 64.6 Å². The SMILES string of the molecule is COC(=O)C[C@H](Cc1ccc(-c2ccccc2)cc1)NC(=O)OC(C)(C)C. The number of rotatable bonds is 6. The van der Waals surface area contributed by atoms with Gasteiger partial charge in [-0.15, -0.1) is 0 Å². The summed E-state index contributed by atoms with van der Waals surface area (Å²) >= 11 is 0. The summed E-state index contributed by atoms with van der Waals surface area (Å²) in [6.07, 6.45) is 0.0388. The standard InChI is InChI=1S/C22H27NO4/c1-22(2,3)27-21(25)23-19(15-20(24)26-4)14-16-10-12-18(13-11-16)17-8-6-5-7-9-17/h5-13,19H,14-15H2,1-4H3,(H,23,25)/t19-/m0/s1. The Labute approximate surface area is 160 Å². The van der Waals surface area contributed by atoms with Crippen molar-refractivity contribution in [3.8, 4) is 11.1 Å². The minimum absolute atomic E-state index is 0.0795. The van der Waals surface area contributed by atoms with Crippen LogP contribution in [0.25, 0.3) is 11.1 Å². The van der Waals surface area contributed by atoms with Crippen LogP contribution in [0.4, 0.5) is 4.79 Å². The highest BCUT2D eigenvalue weighted by Crippen LogP contribution is 2.20. The molecular weight excluding hydrogens is 342 g/mol. The predicted molar refractivity (Wildman–Crippen MR) is 105 cm³/mol. The molecule has 144 valence electrons. The first-order valence-electron chi connectivity index (χ1n) is 8.97. The van der Waals surface area contributed by atoms with E-state index in [-0.39, 0.29) is 12.4 Å². The number of nitrogens with one attached hydrogen (secondary N) is 1. The maximum absolute atomic E-state index is 12.1. The predicted octanol–water partition coefficient (Wildman–Crippen LogP) is 4.35. The zero-order chi connectivity index (χ0) is 19.9. The molecule has 5 heteroatoms. The average molecular weight is 369 g/mol. The fourth-order valence-corrected chi connectivity index (χ4v) is 2.68. The van der Waals surface area contributed by atoms with Gasteiger partial charge in [0.15, 0.2) is 0 Å². The van der Waals surface area contributed by atoms with Gasteiger partial charge in [0.25, 0.3) is 0 Å². The molecule has 5 nitrogen and oxygen atoms in total. The number of methoxy groups -OCH3 is 1. The van der Waals surface area contributed by atoms with E-state index in [9.17, 15) is 9.59 Å². The molecule has 0 aromatic heterocycles. The average Bonchev–Trinajstić information content (AvgIpc) is 2.61. The number of hydrogen-bond acceptors (Lipinski definition) is 4. The van der Waals surface area contributed by atoms with E-state index in [0.29, 0.717) is 6.42 Å². The number of ether oxygens (including phenoxy) is 2. The zero-order valence-electron chi connectivity index (χ0n) is 16.3. The number of benzene rings is 2. The van der Waals surface area contributed by atoms with Crippen molar-refractivity contribution in [2.75, 3.05) is 7.11 Å². The number of hydrogen-bond donors (Lipinski definition) is 1. The van der Waals surface area contributed by atoms with Crippen LogP contribution in [0.2, 0.25) is 0 Å². The summed E-state index contributed by atoms with van der Waals surface area (Å²) in [7, 11) is 1.33. The lowest BCUT2D eigenvalue weighted by Crippen LogP contribution is -2.41. The molecule has 1 atom stereocenters. The molecule has 2 rings (SSSR count). The maximum atomic E-state index is 12.1. The molecular formula is C22H27NO4. The van der Waals surface area contributed by atoms with E-state index in [2.05, 4.69) is 17.4 Å². The fourth-order valence-electron chi connectivity index (χ4n) is 2.68. The number of alkyl carbamates (subject to hydrolysis) is 1. The first-order chi connectivity index (χ1) is 12.8. The van der Waals surface area contributed by atoms with Crippen LogP contribution in [0.3, 0.4) is 0 Å². The number of esters is 1. The van der Waals surface area contributed by atoms with E-state index in [1.165, 1.54) is 7.11 Å². The summed E-state index contributed by atoms with van der Waals surface area (Å²) in [5, 5.41) is 2.77. The Kier molecular flexibility index (Phi) is 6.99. The highest BCUT2D eigenvalue weighted by atomic mass is 16.6. The lowest BCUT2D eigenvalue weighted by atomic mass is 9.99. The molecule has 1 amide bonds. The van der Waals surface area contributed by atoms with Gasteiger partial charge in [0.2, 0.25) is 0 Å². The molecule has 0 radical (unpaired) electrons. The largest absolute Gasteiger partial charge is 0.469 e. The van der Waals surface area contributed by atoms with Crippen molar-refractivity contribution in [1.29, 1.82) is 0 Å². The Morgan fingerprint density at radius 3 is 2.11 bits per heavy atom. The van der Waals surface area contributed by atoms with Crippen LogP contribution in [0.5, 0.6) is 0 Å². The summed E-state index contributed by atoms with van der Waals surface area (Å²) in [6.45, 7) is 5.39. The summed E-state index contributed by atoms with van der Waals surface area (Å²) in [5.41, 5.74) is 2.67. The minimum Gasteiger partial charge on any atom is -0.469 e. The minimum atomic E-state index is -0.600. The number of carbonyl (C=O) groups is 2. The summed E-state index contributed by atoms with van der Waals surface area (Å²) in [4.78, 5) is 23.8. The zero-order valence-corrected chi connectivity index (χ0v) is 16.3. The quantitative estimate of drug-likeness (QED) is 0.769. The Hall–Kier alpha value is -2.82. The monoisotopic (exact) mass is 369 g/mol. The Bertz CT molecular complexity index is 748. The second-order valence-electron chi connectivity index (χ2n) is 7.39. The second-order valence-corrected chi connectivity index (χ2v) is 7.39. The Morgan fingerprint density at radius 2 is 1.56 bits per heavy atom. The van der Waals surface area contributed by atoms with Crippen LogP contribution in [-0.2, 0) is 20.7 Å². The van der Waals surface area contributed by atoms with Gasteiger partial charge in [-0.1, -0.05) is 54.6 Å². The first-order valence-corrected chi connectivity index (χ1v) is 8.97. The van der Waals surface area contributed by atoms with E-state index in [0.717, 1.165) is 16.7 Å². The van der Waals surface area contributed by atoms with Crippen LogP contribution in [0, 0.1) is 0 Å². The fraction of sp³-hybridized carbons (Fsp3) is 0.364. The van der Waals surface area contributed by atoms with Gasteiger partial charge in [-0.25, -0.2) is 4.79 Å². The van der Waals surface area contributed by atoms with Gasteiger partial charge in [0.05, 0.1) is 13.5 Å². The highest BCUT2D eigenvalue weighted by Gasteiger charge is 2.22. The molecule has 0 spiro atoms. The van der Waals surface area contributed by atoms with Crippen LogP contribution >= 0.6 is 0 Å². The van der Waals surface area contributed by atoms with Crippen LogP contribution in [-0.4, -0.2) is 30.8 Å². The van der Waals surface area contributed by atoms with Crippen molar-refractivity contribution >= 4 is 12.1 Å². The van der Waals surface area contributed by atoms with Gasteiger partial charge in [-0.05, 0) is 43.9 Å². The Balaban J connectivity index is 2.07. The van der Waals surface area contributed by atoms with E-state index >= 15 is 0 Å². The van der Waals surface area contributed by atoms with Crippen molar-refractivity contribution in [2.24, 2.45) is 0 Å². The molecule has 0 heterocycles. The molecule has 0 saturated carbocycles. The molecule has 1 N–H and O–H groups in total. The summed E-state index contributed by atoms with van der Waals surface area (Å²) < 4.78 is 10.0. The van der Waals surface area contributed by atoms with Crippen molar-refractivity contribution in [3.05, 3.63) is 60.2 Å². The first kappa shape index (κ1) is 20.5. The van der Waals surface area contributed by atoms with Gasteiger partial charge in [-0.3, -0.25) is 4.79 Å². The molecule has 27 heavy (non-hydrogen) atoms. The molecule has 0 aliphatic carbocycles. The molecule has 0 aliphatic heterocycles. The molecule has 2 aromatic carbocycles. The third-order valence-corrected chi connectivity index (χ3v) is 3.90. The summed E-state index contributed by atoms with van der Waals surface area (Å²) in [6, 6.07) is 17.8. The van der Waals surface area contributed by atoms with Gasteiger partial charge in [-0.2, -0.15) is 0 Å². The smallest absolute Gasteiger partial charge is 0.407 e. The van der Waals surface area contributed by atoms with Gasteiger partial charge < -0.3 is 14.8 Å². The molecule has 0 unspecified atom stereocenters. The third-order valence-electron chi connectivity index (χ3n) is 3.90. The van der Waals surface area contributed by atoms with E-state index < -0.39 is 17.7 Å². The lowest BCUT2D eigenvalue weighted by Gasteiger charge is -2.23. The summed E-state index contributed by atoms with van der Waals surface area (Å²) in [5.74, 6) is -0.378. The van der Waals surface area contributed by atoms with E-state index in [4.69, 9.17) is 9.47 Å². The van der Waals surface area contributed by atoms with Gasteiger partial charge in [0.1, 0.15) is 5.60 Å². The van der Waals surface area contributed by atoms with E-state index in [1.807, 2.05) is 42.5 Å². The van der Waals surface area contributed by atoms with Gasteiger partial charge >= 0.3 is 12.1 Å². The molecule has 0 saturated heterocycles. The number of amides is 1. The van der Waals surface area contributed by atoms with E-state index in [1.54, 1.807) is 20.8 Å². The highest BCUT2D eigenvalue weighted by molar-refractivity contribution is 5.73. The second kappa shape index (κ2) is 9.21. The third kappa shape index (κ3) is 7.13. The van der Waals surface area contributed by atoms with Crippen molar-refractivity contribution in [2.45, 2.75) is 45.3 Å². The van der Waals surface area contributed by atoms with Crippen LogP contribution in [0.1, 0.15) is 32.8 Å². The maximum Gasteiger partial charge on any atom is 0.407 e. The molecule has 0 bridgehead atoms.